The molecule has 1 aromatic rings. The van der Waals surface area contributed by atoms with Crippen molar-refractivity contribution in [3.63, 3.8) is 0 Å². The second-order valence-electron chi connectivity index (χ2n) is 5.93. The first-order valence-corrected chi connectivity index (χ1v) is 7.59. The standard InChI is InChI=1S/C16H23F2N3O2/c1-21(15(22)20-10-16(17,18)9-19)13-6-12(7-13)11-4-3-5-14(8-11)23-2/h3-5,8,12-13H,6-7,9-10,19H2,1-2H3,(H,20,22). The molecular formula is C16H23F2N3O2. The first kappa shape index (κ1) is 17.5. The summed E-state index contributed by atoms with van der Waals surface area (Å²) in [6, 6.07) is 7.41. The van der Waals surface area contributed by atoms with Crippen molar-refractivity contribution in [2.45, 2.75) is 30.7 Å². The average molecular weight is 327 g/mol. The number of amides is 2. The van der Waals surface area contributed by atoms with Crippen LogP contribution in [0.5, 0.6) is 5.75 Å². The van der Waals surface area contributed by atoms with Gasteiger partial charge in [0, 0.05) is 13.1 Å². The summed E-state index contributed by atoms with van der Waals surface area (Å²) in [7, 11) is 3.25. The smallest absolute Gasteiger partial charge is 0.317 e. The molecule has 0 atom stereocenters. The lowest BCUT2D eigenvalue weighted by atomic mass is 9.75. The van der Waals surface area contributed by atoms with Gasteiger partial charge in [-0.05, 0) is 36.5 Å². The van der Waals surface area contributed by atoms with E-state index in [9.17, 15) is 13.6 Å². The van der Waals surface area contributed by atoms with Gasteiger partial charge < -0.3 is 20.7 Å². The molecule has 1 fully saturated rings. The molecule has 1 aromatic carbocycles. The molecule has 0 aliphatic heterocycles. The van der Waals surface area contributed by atoms with Crippen molar-refractivity contribution in [1.82, 2.24) is 10.2 Å². The second kappa shape index (κ2) is 7.12. The molecule has 5 nitrogen and oxygen atoms in total. The van der Waals surface area contributed by atoms with Crippen LogP contribution in [0.15, 0.2) is 24.3 Å². The molecule has 0 spiro atoms. The Morgan fingerprint density at radius 3 is 2.78 bits per heavy atom. The number of carbonyl (C=O) groups excluding carboxylic acids is 1. The third-order valence-electron chi connectivity index (χ3n) is 4.34. The molecule has 128 valence electrons. The number of methoxy groups -OCH3 is 1. The summed E-state index contributed by atoms with van der Waals surface area (Å²) < 4.78 is 31.3. The van der Waals surface area contributed by atoms with E-state index in [4.69, 9.17) is 10.5 Å². The number of halogens is 2. The third-order valence-corrected chi connectivity index (χ3v) is 4.34. The maximum atomic E-state index is 13.1. The molecule has 2 amide bonds. The molecule has 1 aliphatic carbocycles. The van der Waals surface area contributed by atoms with Gasteiger partial charge in [0.05, 0.1) is 20.2 Å². The molecule has 0 saturated heterocycles. The summed E-state index contributed by atoms with van der Waals surface area (Å²) in [5.74, 6) is -1.91. The van der Waals surface area contributed by atoms with Gasteiger partial charge in [0.2, 0.25) is 0 Å². The Labute approximate surface area is 134 Å². The minimum atomic E-state index is -3.07. The summed E-state index contributed by atoms with van der Waals surface area (Å²) >= 11 is 0. The molecule has 23 heavy (non-hydrogen) atoms. The molecule has 2 rings (SSSR count). The number of rotatable bonds is 6. The second-order valence-corrected chi connectivity index (χ2v) is 5.93. The predicted molar refractivity (Wildman–Crippen MR) is 83.9 cm³/mol. The lowest BCUT2D eigenvalue weighted by Crippen LogP contribution is -2.51. The summed E-state index contributed by atoms with van der Waals surface area (Å²) in [6.07, 6.45) is 1.62. The Hall–Kier alpha value is -1.89. The van der Waals surface area contributed by atoms with E-state index >= 15 is 0 Å². The van der Waals surface area contributed by atoms with Crippen LogP contribution in [0.3, 0.4) is 0 Å². The van der Waals surface area contributed by atoms with Crippen molar-refractivity contribution in [1.29, 1.82) is 0 Å². The minimum Gasteiger partial charge on any atom is -0.497 e. The van der Waals surface area contributed by atoms with Crippen LogP contribution in [0.4, 0.5) is 13.6 Å². The largest absolute Gasteiger partial charge is 0.497 e. The molecule has 0 bridgehead atoms. The minimum absolute atomic E-state index is 0.0534. The fourth-order valence-electron chi connectivity index (χ4n) is 2.64. The molecule has 0 heterocycles. The van der Waals surface area contributed by atoms with Crippen LogP contribution in [-0.2, 0) is 0 Å². The zero-order valence-corrected chi connectivity index (χ0v) is 13.4. The average Bonchev–Trinajstić information content (AvgIpc) is 2.51. The van der Waals surface area contributed by atoms with Crippen LogP contribution in [0.25, 0.3) is 0 Å². The van der Waals surface area contributed by atoms with Crippen molar-refractivity contribution in [3.8, 4) is 5.75 Å². The van der Waals surface area contributed by atoms with E-state index in [0.29, 0.717) is 5.92 Å². The van der Waals surface area contributed by atoms with Gasteiger partial charge in [-0.1, -0.05) is 12.1 Å². The van der Waals surface area contributed by atoms with Gasteiger partial charge in [0.25, 0.3) is 5.92 Å². The van der Waals surface area contributed by atoms with Gasteiger partial charge in [0.1, 0.15) is 5.75 Å². The van der Waals surface area contributed by atoms with Gasteiger partial charge in [-0.15, -0.1) is 0 Å². The predicted octanol–water partition coefficient (Wildman–Crippen LogP) is 2.18. The molecule has 0 radical (unpaired) electrons. The van der Waals surface area contributed by atoms with Crippen LogP contribution in [0.1, 0.15) is 24.3 Å². The maximum absolute atomic E-state index is 13.1. The summed E-state index contributed by atoms with van der Waals surface area (Å²) in [5, 5.41) is 2.23. The fraction of sp³-hybridized carbons (Fsp3) is 0.562. The quantitative estimate of drug-likeness (QED) is 0.841. The Kier molecular flexibility index (Phi) is 5.41. The fourth-order valence-corrected chi connectivity index (χ4v) is 2.64. The van der Waals surface area contributed by atoms with Crippen LogP contribution in [0.2, 0.25) is 0 Å². The summed E-state index contributed by atoms with van der Waals surface area (Å²) in [5.41, 5.74) is 6.12. The van der Waals surface area contributed by atoms with Crippen molar-refractivity contribution in [2.24, 2.45) is 5.73 Å². The third kappa shape index (κ3) is 4.31. The van der Waals surface area contributed by atoms with Crippen LogP contribution < -0.4 is 15.8 Å². The lowest BCUT2D eigenvalue weighted by Gasteiger charge is -2.41. The SMILES string of the molecule is COc1cccc(C2CC(N(C)C(=O)NCC(F)(F)CN)C2)c1. The number of carbonyl (C=O) groups is 1. The number of nitrogens with two attached hydrogens (primary N) is 1. The highest BCUT2D eigenvalue weighted by molar-refractivity contribution is 5.74. The first-order valence-electron chi connectivity index (χ1n) is 7.59. The van der Waals surface area contributed by atoms with Crippen molar-refractivity contribution in [2.75, 3.05) is 27.2 Å². The Morgan fingerprint density at radius 2 is 2.17 bits per heavy atom. The normalized spacial score (nSPS) is 20.6. The highest BCUT2D eigenvalue weighted by atomic mass is 19.3. The highest BCUT2D eigenvalue weighted by Crippen LogP contribution is 2.40. The van der Waals surface area contributed by atoms with Crippen LogP contribution in [0, 0.1) is 0 Å². The van der Waals surface area contributed by atoms with E-state index in [1.807, 2.05) is 24.3 Å². The topological polar surface area (TPSA) is 67.6 Å². The van der Waals surface area contributed by atoms with Crippen molar-refractivity contribution >= 4 is 6.03 Å². The van der Waals surface area contributed by atoms with Gasteiger partial charge in [-0.3, -0.25) is 0 Å². The number of hydrogen-bond acceptors (Lipinski definition) is 3. The highest BCUT2D eigenvalue weighted by Gasteiger charge is 2.36. The van der Waals surface area contributed by atoms with E-state index in [-0.39, 0.29) is 6.04 Å². The molecule has 0 aromatic heterocycles. The molecule has 3 N–H and O–H groups in total. The number of ether oxygens (including phenoxy) is 1. The van der Waals surface area contributed by atoms with E-state index in [2.05, 4.69) is 5.32 Å². The van der Waals surface area contributed by atoms with Crippen LogP contribution in [-0.4, -0.2) is 50.1 Å². The first-order chi connectivity index (χ1) is 10.9. The van der Waals surface area contributed by atoms with Crippen LogP contribution >= 0.6 is 0 Å². The van der Waals surface area contributed by atoms with Crippen molar-refractivity contribution in [3.05, 3.63) is 29.8 Å². The number of alkyl halides is 2. The number of hydrogen-bond donors (Lipinski definition) is 2. The van der Waals surface area contributed by atoms with E-state index in [1.54, 1.807) is 14.2 Å². The van der Waals surface area contributed by atoms with E-state index in [0.717, 1.165) is 18.6 Å². The van der Waals surface area contributed by atoms with Crippen molar-refractivity contribution < 1.29 is 18.3 Å². The number of benzene rings is 1. The molecular weight excluding hydrogens is 304 g/mol. The van der Waals surface area contributed by atoms with Gasteiger partial charge in [0.15, 0.2) is 0 Å². The van der Waals surface area contributed by atoms with E-state index in [1.165, 1.54) is 10.5 Å². The summed E-state index contributed by atoms with van der Waals surface area (Å²) in [6.45, 7) is -1.52. The maximum Gasteiger partial charge on any atom is 0.317 e. The molecule has 1 aliphatic rings. The molecule has 7 heteroatoms. The zero-order chi connectivity index (χ0) is 17.0. The Morgan fingerprint density at radius 1 is 1.48 bits per heavy atom. The van der Waals surface area contributed by atoms with Gasteiger partial charge in [-0.2, -0.15) is 0 Å². The number of urea groups is 1. The Balaban J connectivity index is 1.82. The number of nitrogens with zero attached hydrogens (tertiary/aromatic N) is 1. The summed E-state index contributed by atoms with van der Waals surface area (Å²) in [4.78, 5) is 13.4. The van der Waals surface area contributed by atoms with E-state index < -0.39 is 25.0 Å². The molecule has 1 saturated carbocycles. The zero-order valence-electron chi connectivity index (χ0n) is 13.4. The lowest BCUT2D eigenvalue weighted by molar-refractivity contribution is 0.0124. The molecule has 0 unspecified atom stereocenters. The monoisotopic (exact) mass is 327 g/mol. The van der Waals surface area contributed by atoms with Gasteiger partial charge >= 0.3 is 6.03 Å². The Bertz CT molecular complexity index is 548. The number of nitrogens with one attached hydrogen (secondary N) is 1. The van der Waals surface area contributed by atoms with Gasteiger partial charge in [-0.25, -0.2) is 13.6 Å².